The van der Waals surface area contributed by atoms with Gasteiger partial charge in [0.1, 0.15) is 0 Å². The Morgan fingerprint density at radius 3 is 2.78 bits per heavy atom. The first-order chi connectivity index (χ1) is 11.1. The van der Waals surface area contributed by atoms with Crippen molar-refractivity contribution in [1.82, 2.24) is 19.4 Å². The van der Waals surface area contributed by atoms with Crippen LogP contribution in [0.25, 0.3) is 0 Å². The van der Waals surface area contributed by atoms with Crippen LogP contribution in [0.3, 0.4) is 0 Å². The molecule has 2 aliphatic rings. The number of rotatable bonds is 4. The van der Waals surface area contributed by atoms with Gasteiger partial charge in [0.15, 0.2) is 5.82 Å². The standard InChI is InChI=1S/C16H24N4O3/c1-18-6-4-17-16(18)15(22)13-3-2-5-20(11-13)14(21)12-19-7-9-23-10-8-19/h4,6,13H,2-3,5,7-12H2,1H3. The fourth-order valence-corrected chi connectivity index (χ4v) is 3.25. The van der Waals surface area contributed by atoms with Crippen LogP contribution in [0.2, 0.25) is 0 Å². The van der Waals surface area contributed by atoms with E-state index in [9.17, 15) is 9.59 Å². The number of likely N-dealkylation sites (tertiary alicyclic amines) is 1. The third-order valence-electron chi connectivity index (χ3n) is 4.65. The summed E-state index contributed by atoms with van der Waals surface area (Å²) in [5, 5.41) is 0. The van der Waals surface area contributed by atoms with E-state index in [0.29, 0.717) is 32.1 Å². The molecule has 0 spiro atoms. The third-order valence-corrected chi connectivity index (χ3v) is 4.65. The van der Waals surface area contributed by atoms with Gasteiger partial charge in [-0.05, 0) is 12.8 Å². The minimum atomic E-state index is -0.140. The topological polar surface area (TPSA) is 67.7 Å². The Kier molecular flexibility index (Phi) is 5.07. The molecule has 7 nitrogen and oxygen atoms in total. The van der Waals surface area contributed by atoms with Crippen LogP contribution in [0.1, 0.15) is 23.5 Å². The molecular formula is C16H24N4O3. The predicted octanol–water partition coefficient (Wildman–Crippen LogP) is 0.174. The molecule has 1 amide bonds. The second-order valence-corrected chi connectivity index (χ2v) is 6.29. The average Bonchev–Trinajstić information content (AvgIpc) is 3.01. The van der Waals surface area contributed by atoms with E-state index in [1.54, 1.807) is 17.0 Å². The van der Waals surface area contributed by atoms with Crippen LogP contribution >= 0.6 is 0 Å². The number of hydrogen-bond donors (Lipinski definition) is 0. The largest absolute Gasteiger partial charge is 0.379 e. The molecule has 3 rings (SSSR count). The fraction of sp³-hybridized carbons (Fsp3) is 0.688. The monoisotopic (exact) mass is 320 g/mol. The van der Waals surface area contributed by atoms with E-state index in [-0.39, 0.29) is 17.6 Å². The van der Waals surface area contributed by atoms with Crippen molar-refractivity contribution in [2.24, 2.45) is 13.0 Å². The third kappa shape index (κ3) is 3.79. The summed E-state index contributed by atoms with van der Waals surface area (Å²) in [4.78, 5) is 33.2. The molecule has 0 aliphatic carbocycles. The fourth-order valence-electron chi connectivity index (χ4n) is 3.25. The van der Waals surface area contributed by atoms with Crippen molar-refractivity contribution in [1.29, 1.82) is 0 Å². The van der Waals surface area contributed by atoms with E-state index in [0.717, 1.165) is 32.5 Å². The minimum absolute atomic E-state index is 0.0429. The molecule has 1 atom stereocenters. The predicted molar refractivity (Wildman–Crippen MR) is 84.1 cm³/mol. The van der Waals surface area contributed by atoms with Gasteiger partial charge < -0.3 is 14.2 Å². The molecule has 1 unspecified atom stereocenters. The number of ketones is 1. The van der Waals surface area contributed by atoms with Crippen LogP contribution in [0.15, 0.2) is 12.4 Å². The van der Waals surface area contributed by atoms with Crippen molar-refractivity contribution in [2.75, 3.05) is 45.9 Å². The van der Waals surface area contributed by atoms with Crippen molar-refractivity contribution in [2.45, 2.75) is 12.8 Å². The molecule has 0 saturated carbocycles. The van der Waals surface area contributed by atoms with Gasteiger partial charge >= 0.3 is 0 Å². The summed E-state index contributed by atoms with van der Waals surface area (Å²) in [5.41, 5.74) is 0. The summed E-state index contributed by atoms with van der Waals surface area (Å²) in [6.07, 6.45) is 5.11. The van der Waals surface area contributed by atoms with Crippen molar-refractivity contribution in [3.05, 3.63) is 18.2 Å². The highest BCUT2D eigenvalue weighted by molar-refractivity contribution is 5.95. The maximum absolute atomic E-state index is 12.6. The molecule has 1 aromatic heterocycles. The number of amides is 1. The molecule has 7 heteroatoms. The van der Waals surface area contributed by atoms with Crippen LogP contribution in [0.5, 0.6) is 0 Å². The lowest BCUT2D eigenvalue weighted by atomic mass is 9.93. The number of piperidine rings is 1. The molecule has 2 saturated heterocycles. The van der Waals surface area contributed by atoms with Gasteiger partial charge in [0.25, 0.3) is 0 Å². The van der Waals surface area contributed by atoms with Crippen LogP contribution in [-0.4, -0.2) is 77.0 Å². The lowest BCUT2D eigenvalue weighted by Crippen LogP contribution is -2.48. The number of aryl methyl sites for hydroxylation is 1. The molecule has 1 aromatic rings. The van der Waals surface area contributed by atoms with Crippen LogP contribution < -0.4 is 0 Å². The number of morpholine rings is 1. The van der Waals surface area contributed by atoms with Gasteiger partial charge in [-0.15, -0.1) is 0 Å². The first-order valence-electron chi connectivity index (χ1n) is 8.24. The zero-order valence-electron chi connectivity index (χ0n) is 13.6. The number of Topliss-reactive ketones (excluding diaryl/α,β-unsaturated/α-hetero) is 1. The molecular weight excluding hydrogens is 296 g/mol. The van der Waals surface area contributed by atoms with Crippen molar-refractivity contribution in [3.8, 4) is 0 Å². The summed E-state index contributed by atoms with van der Waals surface area (Å²) in [6.45, 7) is 4.65. The van der Waals surface area contributed by atoms with Gasteiger partial charge in [0.2, 0.25) is 11.7 Å². The molecule has 2 aliphatic heterocycles. The first kappa shape index (κ1) is 16.1. The zero-order valence-corrected chi connectivity index (χ0v) is 13.6. The van der Waals surface area contributed by atoms with E-state index in [1.807, 2.05) is 11.9 Å². The molecule has 0 bridgehead atoms. The van der Waals surface area contributed by atoms with E-state index >= 15 is 0 Å². The van der Waals surface area contributed by atoms with Gasteiger partial charge in [0, 0.05) is 51.5 Å². The Morgan fingerprint density at radius 1 is 1.30 bits per heavy atom. The summed E-state index contributed by atoms with van der Waals surface area (Å²) < 4.78 is 7.05. The summed E-state index contributed by atoms with van der Waals surface area (Å²) in [5.74, 6) is 0.501. The van der Waals surface area contributed by atoms with Crippen LogP contribution in [0, 0.1) is 5.92 Å². The number of hydrogen-bond acceptors (Lipinski definition) is 5. The number of imidazole rings is 1. The molecule has 126 valence electrons. The Hall–Kier alpha value is -1.73. The van der Waals surface area contributed by atoms with Crippen molar-refractivity contribution < 1.29 is 14.3 Å². The zero-order chi connectivity index (χ0) is 16.2. The van der Waals surface area contributed by atoms with Gasteiger partial charge in [-0.2, -0.15) is 0 Å². The highest BCUT2D eigenvalue weighted by Crippen LogP contribution is 2.20. The smallest absolute Gasteiger partial charge is 0.236 e. The number of carbonyl (C=O) groups excluding carboxylic acids is 2. The quantitative estimate of drug-likeness (QED) is 0.740. The lowest BCUT2D eigenvalue weighted by molar-refractivity contribution is -0.134. The summed E-state index contributed by atoms with van der Waals surface area (Å²) in [7, 11) is 1.82. The van der Waals surface area contributed by atoms with Crippen LogP contribution in [-0.2, 0) is 16.6 Å². The molecule has 0 N–H and O–H groups in total. The second-order valence-electron chi connectivity index (χ2n) is 6.29. The lowest BCUT2D eigenvalue weighted by Gasteiger charge is -2.34. The van der Waals surface area contributed by atoms with E-state index in [2.05, 4.69) is 9.88 Å². The summed E-state index contributed by atoms with van der Waals surface area (Å²) >= 11 is 0. The maximum Gasteiger partial charge on any atom is 0.236 e. The number of carbonyl (C=O) groups is 2. The summed E-state index contributed by atoms with van der Waals surface area (Å²) in [6, 6.07) is 0. The number of nitrogens with zero attached hydrogens (tertiary/aromatic N) is 4. The highest BCUT2D eigenvalue weighted by Gasteiger charge is 2.31. The Balaban J connectivity index is 1.58. The molecule has 0 aromatic carbocycles. The van der Waals surface area contributed by atoms with Gasteiger partial charge in [-0.3, -0.25) is 14.5 Å². The number of ether oxygens (including phenoxy) is 1. The molecule has 23 heavy (non-hydrogen) atoms. The van der Waals surface area contributed by atoms with Crippen LogP contribution in [0.4, 0.5) is 0 Å². The Labute approximate surface area is 136 Å². The van der Waals surface area contributed by atoms with Crippen molar-refractivity contribution >= 4 is 11.7 Å². The maximum atomic E-state index is 12.6. The molecule has 3 heterocycles. The second kappa shape index (κ2) is 7.23. The van der Waals surface area contributed by atoms with Gasteiger partial charge in [-0.25, -0.2) is 4.98 Å². The van der Waals surface area contributed by atoms with Crippen molar-refractivity contribution in [3.63, 3.8) is 0 Å². The molecule has 2 fully saturated rings. The van der Waals surface area contributed by atoms with Gasteiger partial charge in [0.05, 0.1) is 19.8 Å². The van der Waals surface area contributed by atoms with E-state index < -0.39 is 0 Å². The van der Waals surface area contributed by atoms with E-state index in [1.165, 1.54) is 0 Å². The Morgan fingerprint density at radius 2 is 2.09 bits per heavy atom. The van der Waals surface area contributed by atoms with E-state index in [4.69, 9.17) is 4.74 Å². The average molecular weight is 320 g/mol. The SMILES string of the molecule is Cn1ccnc1C(=O)C1CCCN(C(=O)CN2CCOCC2)C1. The highest BCUT2D eigenvalue weighted by atomic mass is 16.5. The normalized spacial score (nSPS) is 23.0. The number of aromatic nitrogens is 2. The first-order valence-corrected chi connectivity index (χ1v) is 8.24. The Bertz CT molecular complexity index is 565. The van der Waals surface area contributed by atoms with Gasteiger partial charge in [-0.1, -0.05) is 0 Å². The minimum Gasteiger partial charge on any atom is -0.379 e. The molecule has 0 radical (unpaired) electrons.